The Bertz CT molecular complexity index is 401. The van der Waals surface area contributed by atoms with E-state index in [1.165, 1.54) is 0 Å². The Morgan fingerprint density at radius 1 is 1.33 bits per heavy atom. The van der Waals surface area contributed by atoms with Crippen molar-refractivity contribution in [2.24, 2.45) is 22.2 Å². The Hall–Kier alpha value is -1.30. The smallest absolute Gasteiger partial charge is 0.236 e. The van der Waals surface area contributed by atoms with Crippen LogP contribution in [-0.2, 0) is 4.79 Å². The molecule has 1 heterocycles. The van der Waals surface area contributed by atoms with E-state index in [9.17, 15) is 9.90 Å². The van der Waals surface area contributed by atoms with Gasteiger partial charge < -0.3 is 20.9 Å². The van der Waals surface area contributed by atoms with Crippen LogP contribution in [0.3, 0.4) is 0 Å². The van der Waals surface area contributed by atoms with Gasteiger partial charge in [-0.2, -0.15) is 0 Å². The van der Waals surface area contributed by atoms with Gasteiger partial charge in [-0.25, -0.2) is 0 Å². The van der Waals surface area contributed by atoms with Gasteiger partial charge in [-0.05, 0) is 26.2 Å². The highest BCUT2D eigenvalue weighted by atomic mass is 16.4. The van der Waals surface area contributed by atoms with Crippen LogP contribution >= 0.6 is 0 Å². The lowest BCUT2D eigenvalue weighted by Gasteiger charge is -2.34. The van der Waals surface area contributed by atoms with E-state index in [0.717, 1.165) is 32.1 Å². The third kappa shape index (κ3) is 3.15. The molecule has 2 atom stereocenters. The average molecular weight is 297 g/mol. The number of hydrogen-bond acceptors (Lipinski definition) is 4. The van der Waals surface area contributed by atoms with Crippen LogP contribution in [0.1, 0.15) is 51.9 Å². The van der Waals surface area contributed by atoms with Gasteiger partial charge in [0.2, 0.25) is 5.91 Å². The van der Waals surface area contributed by atoms with Crippen LogP contribution in [0.4, 0.5) is 0 Å². The molecule has 6 nitrogen and oxygen atoms in total. The van der Waals surface area contributed by atoms with E-state index >= 15 is 0 Å². The normalized spacial score (nSPS) is 28.2. The summed E-state index contributed by atoms with van der Waals surface area (Å²) in [7, 11) is 0. The summed E-state index contributed by atoms with van der Waals surface area (Å²) < 4.78 is 0. The second-order valence-electron chi connectivity index (χ2n) is 6.52. The van der Waals surface area contributed by atoms with E-state index in [1.54, 1.807) is 11.8 Å². The molecule has 0 spiro atoms. The first-order chi connectivity index (χ1) is 10.0. The molecule has 0 aromatic rings. The van der Waals surface area contributed by atoms with Crippen molar-refractivity contribution in [3.63, 3.8) is 0 Å². The quantitative estimate of drug-likeness (QED) is 0.240. The van der Waals surface area contributed by atoms with E-state index < -0.39 is 11.5 Å². The lowest BCUT2D eigenvalue weighted by Crippen LogP contribution is -2.51. The second-order valence-corrected chi connectivity index (χ2v) is 6.52. The third-order valence-electron chi connectivity index (χ3n) is 5.16. The number of aliphatic hydroxyl groups excluding tert-OH is 1. The summed E-state index contributed by atoms with van der Waals surface area (Å²) in [6, 6.07) is 0. The van der Waals surface area contributed by atoms with E-state index in [2.05, 4.69) is 5.16 Å². The molecule has 1 aliphatic heterocycles. The number of nitrogens with two attached hydrogens (primary N) is 1. The number of nitrogens with zero attached hydrogens (tertiary/aromatic N) is 2. The molecule has 4 N–H and O–H groups in total. The molecule has 1 saturated heterocycles. The van der Waals surface area contributed by atoms with E-state index in [1.807, 2.05) is 0 Å². The molecule has 2 rings (SSSR count). The maximum atomic E-state index is 13.0. The number of amides is 1. The van der Waals surface area contributed by atoms with Gasteiger partial charge in [-0.15, -0.1) is 0 Å². The number of oxime groups is 1. The van der Waals surface area contributed by atoms with Crippen molar-refractivity contribution in [1.29, 1.82) is 0 Å². The minimum absolute atomic E-state index is 0.0251. The van der Waals surface area contributed by atoms with Crippen LogP contribution in [0, 0.1) is 11.3 Å². The first-order valence-electron chi connectivity index (χ1n) is 7.96. The number of likely N-dealkylation sites (tertiary alicyclic amines) is 1. The van der Waals surface area contributed by atoms with Crippen molar-refractivity contribution in [2.75, 3.05) is 13.1 Å². The van der Waals surface area contributed by atoms with Crippen molar-refractivity contribution in [3.05, 3.63) is 0 Å². The summed E-state index contributed by atoms with van der Waals surface area (Å²) >= 11 is 0. The summed E-state index contributed by atoms with van der Waals surface area (Å²) in [5, 5.41) is 22.0. The fourth-order valence-corrected chi connectivity index (χ4v) is 3.68. The molecule has 0 aromatic carbocycles. The summed E-state index contributed by atoms with van der Waals surface area (Å²) in [5.74, 6) is 0.154. The molecule has 1 aliphatic carbocycles. The molecule has 2 fully saturated rings. The first kappa shape index (κ1) is 16.1. The number of hydrogen-bond donors (Lipinski definition) is 3. The Kier molecular flexibility index (Phi) is 5.08. The summed E-state index contributed by atoms with van der Waals surface area (Å²) in [4.78, 5) is 14.8. The van der Waals surface area contributed by atoms with E-state index in [0.29, 0.717) is 25.9 Å². The highest BCUT2D eigenvalue weighted by molar-refractivity contribution is 6.06. The van der Waals surface area contributed by atoms with Gasteiger partial charge in [0.25, 0.3) is 0 Å². The number of carbonyl (C=O) groups excluding carboxylic acids is 1. The van der Waals surface area contributed by atoms with Gasteiger partial charge in [0.15, 0.2) is 5.84 Å². The fourth-order valence-electron chi connectivity index (χ4n) is 3.68. The van der Waals surface area contributed by atoms with Crippen LogP contribution in [-0.4, -0.2) is 46.1 Å². The van der Waals surface area contributed by atoms with Gasteiger partial charge >= 0.3 is 0 Å². The molecular weight excluding hydrogens is 270 g/mol. The number of carbonyl (C=O) groups is 1. The average Bonchev–Trinajstić information content (AvgIpc) is 2.84. The molecule has 1 saturated carbocycles. The Balaban J connectivity index is 2.19. The molecule has 2 unspecified atom stereocenters. The maximum Gasteiger partial charge on any atom is 0.236 e. The standard InChI is InChI=1S/C15H27N3O3/c1-11(19)12-6-9-18(10-12)14(20)15(13(16)17-21)7-4-2-3-5-8-15/h11-12,19,21H,2-10H2,1H3,(H2,16,17). The SMILES string of the molecule is CC(O)C1CCN(C(=O)C2(C(N)=NO)CCCCCC2)C1. The highest BCUT2D eigenvalue weighted by Crippen LogP contribution is 2.38. The van der Waals surface area contributed by atoms with E-state index in [-0.39, 0.29) is 17.7 Å². The van der Waals surface area contributed by atoms with Crippen LogP contribution in [0.2, 0.25) is 0 Å². The molecule has 120 valence electrons. The van der Waals surface area contributed by atoms with Crippen LogP contribution in [0.25, 0.3) is 0 Å². The van der Waals surface area contributed by atoms with Crippen molar-refractivity contribution < 1.29 is 15.1 Å². The summed E-state index contributed by atoms with van der Waals surface area (Å²) in [6.45, 7) is 2.98. The van der Waals surface area contributed by atoms with Crippen LogP contribution in [0.5, 0.6) is 0 Å². The monoisotopic (exact) mass is 297 g/mol. The Morgan fingerprint density at radius 2 is 1.95 bits per heavy atom. The van der Waals surface area contributed by atoms with Crippen LogP contribution < -0.4 is 5.73 Å². The maximum absolute atomic E-state index is 13.0. The third-order valence-corrected chi connectivity index (χ3v) is 5.16. The number of rotatable bonds is 3. The van der Waals surface area contributed by atoms with Gasteiger partial charge in [0, 0.05) is 19.0 Å². The second kappa shape index (κ2) is 6.64. The molecule has 0 bridgehead atoms. The van der Waals surface area contributed by atoms with Crippen molar-refractivity contribution in [1.82, 2.24) is 4.90 Å². The van der Waals surface area contributed by atoms with E-state index in [4.69, 9.17) is 10.9 Å². The van der Waals surface area contributed by atoms with Crippen molar-refractivity contribution in [3.8, 4) is 0 Å². The largest absolute Gasteiger partial charge is 0.409 e. The Labute approximate surface area is 126 Å². The molecule has 1 amide bonds. The zero-order valence-electron chi connectivity index (χ0n) is 12.8. The minimum Gasteiger partial charge on any atom is -0.409 e. The molecule has 21 heavy (non-hydrogen) atoms. The van der Waals surface area contributed by atoms with Gasteiger partial charge in [-0.3, -0.25) is 4.79 Å². The molecular formula is C15H27N3O3. The first-order valence-corrected chi connectivity index (χ1v) is 7.96. The van der Waals surface area contributed by atoms with Crippen molar-refractivity contribution in [2.45, 2.75) is 58.0 Å². The molecule has 2 aliphatic rings. The zero-order valence-corrected chi connectivity index (χ0v) is 12.8. The zero-order chi connectivity index (χ0) is 15.5. The lowest BCUT2D eigenvalue weighted by molar-refractivity contribution is -0.138. The molecule has 6 heteroatoms. The van der Waals surface area contributed by atoms with Gasteiger partial charge in [0.05, 0.1) is 6.10 Å². The predicted octanol–water partition coefficient (Wildman–Crippen LogP) is 1.30. The highest BCUT2D eigenvalue weighted by Gasteiger charge is 2.46. The fraction of sp³-hybridized carbons (Fsp3) is 0.867. The number of aliphatic hydroxyl groups is 1. The van der Waals surface area contributed by atoms with Crippen molar-refractivity contribution >= 4 is 11.7 Å². The van der Waals surface area contributed by atoms with Gasteiger partial charge in [-0.1, -0.05) is 30.8 Å². The Morgan fingerprint density at radius 3 is 2.43 bits per heavy atom. The molecule has 0 radical (unpaired) electrons. The van der Waals surface area contributed by atoms with Crippen LogP contribution in [0.15, 0.2) is 5.16 Å². The summed E-state index contributed by atoms with van der Waals surface area (Å²) in [5.41, 5.74) is 5.07. The lowest BCUT2D eigenvalue weighted by atomic mass is 9.77. The van der Waals surface area contributed by atoms with Gasteiger partial charge in [0.1, 0.15) is 5.41 Å². The minimum atomic E-state index is -0.848. The molecule has 0 aromatic heterocycles. The predicted molar refractivity (Wildman–Crippen MR) is 79.9 cm³/mol. The summed E-state index contributed by atoms with van der Waals surface area (Å²) in [6.07, 6.45) is 5.74. The number of amidine groups is 1. The topological polar surface area (TPSA) is 99.2 Å².